The van der Waals surface area contributed by atoms with Crippen LogP contribution in [0.15, 0.2) is 48.7 Å². The van der Waals surface area contributed by atoms with Gasteiger partial charge in [0.25, 0.3) is 0 Å². The van der Waals surface area contributed by atoms with Crippen LogP contribution in [0.2, 0.25) is 0 Å². The van der Waals surface area contributed by atoms with Gasteiger partial charge in [-0.1, -0.05) is 6.07 Å². The Labute approximate surface area is 120 Å². The normalized spacial score (nSPS) is 10.6. The molecule has 1 heterocycles. The maximum Gasteiger partial charge on any atom is 0.152 e. The molecule has 0 spiro atoms. The molecule has 0 fully saturated rings. The fourth-order valence-electron chi connectivity index (χ4n) is 2.14. The summed E-state index contributed by atoms with van der Waals surface area (Å²) in [6.45, 7) is 0. The van der Waals surface area contributed by atoms with Gasteiger partial charge in [0, 0.05) is 35.1 Å². The molecule has 3 aromatic rings. The molecule has 0 bridgehead atoms. The molecule has 0 atom stereocenters. The lowest BCUT2D eigenvalue weighted by molar-refractivity contribution is 0.415. The van der Waals surface area contributed by atoms with Gasteiger partial charge in [-0.2, -0.15) is 0 Å². The maximum absolute atomic E-state index is 13.7. The van der Waals surface area contributed by atoms with E-state index in [1.165, 1.54) is 12.3 Å². The van der Waals surface area contributed by atoms with E-state index in [4.69, 9.17) is 4.74 Å². The number of ether oxygens (including phenoxy) is 1. The van der Waals surface area contributed by atoms with Crippen molar-refractivity contribution in [3.8, 4) is 5.75 Å². The standard InChI is InChI=1S/C16H12F2N2O/c1-21-12-4-2-3-11(9-12)20-15-5-6-19-16-13(15)7-10(17)8-14(16)18/h2-9H,1H3,(H,19,20). The number of halogens is 2. The number of rotatable bonds is 3. The van der Waals surface area contributed by atoms with Gasteiger partial charge in [-0.05, 0) is 24.3 Å². The van der Waals surface area contributed by atoms with Crippen LogP contribution < -0.4 is 10.1 Å². The lowest BCUT2D eigenvalue weighted by Crippen LogP contribution is -1.95. The Balaban J connectivity index is 2.08. The molecular weight excluding hydrogens is 274 g/mol. The largest absolute Gasteiger partial charge is 0.497 e. The van der Waals surface area contributed by atoms with E-state index >= 15 is 0 Å². The van der Waals surface area contributed by atoms with Crippen LogP contribution in [-0.4, -0.2) is 12.1 Å². The highest BCUT2D eigenvalue weighted by atomic mass is 19.1. The number of aromatic nitrogens is 1. The van der Waals surface area contributed by atoms with Crippen LogP contribution in [0.4, 0.5) is 20.2 Å². The smallest absolute Gasteiger partial charge is 0.152 e. The Hall–Kier alpha value is -2.69. The zero-order chi connectivity index (χ0) is 14.8. The highest BCUT2D eigenvalue weighted by Crippen LogP contribution is 2.28. The molecule has 1 aromatic heterocycles. The number of benzene rings is 2. The third kappa shape index (κ3) is 2.63. The molecule has 0 saturated carbocycles. The quantitative estimate of drug-likeness (QED) is 0.781. The van der Waals surface area contributed by atoms with Crippen LogP contribution in [0.3, 0.4) is 0 Å². The van der Waals surface area contributed by atoms with Crippen molar-refractivity contribution < 1.29 is 13.5 Å². The summed E-state index contributed by atoms with van der Waals surface area (Å²) < 4.78 is 32.3. The highest BCUT2D eigenvalue weighted by Gasteiger charge is 2.09. The second-order valence-corrected chi connectivity index (χ2v) is 4.50. The van der Waals surface area contributed by atoms with Gasteiger partial charge in [-0.15, -0.1) is 0 Å². The van der Waals surface area contributed by atoms with Crippen molar-refractivity contribution in [3.63, 3.8) is 0 Å². The molecule has 5 heteroatoms. The minimum absolute atomic E-state index is 0.129. The molecule has 0 unspecified atom stereocenters. The zero-order valence-electron chi connectivity index (χ0n) is 11.2. The number of fused-ring (bicyclic) bond motifs is 1. The molecular formula is C16H12F2N2O. The Morgan fingerprint density at radius 3 is 2.76 bits per heavy atom. The lowest BCUT2D eigenvalue weighted by atomic mass is 10.1. The molecule has 2 aromatic carbocycles. The average molecular weight is 286 g/mol. The van der Waals surface area contributed by atoms with Crippen molar-refractivity contribution in [1.82, 2.24) is 4.98 Å². The Morgan fingerprint density at radius 2 is 1.95 bits per heavy atom. The predicted octanol–water partition coefficient (Wildman–Crippen LogP) is 4.27. The number of nitrogens with one attached hydrogen (secondary N) is 1. The van der Waals surface area contributed by atoms with Crippen molar-refractivity contribution >= 4 is 22.3 Å². The lowest BCUT2D eigenvalue weighted by Gasteiger charge is -2.11. The van der Waals surface area contributed by atoms with E-state index in [0.29, 0.717) is 16.8 Å². The molecule has 0 radical (unpaired) electrons. The molecule has 21 heavy (non-hydrogen) atoms. The van der Waals surface area contributed by atoms with Gasteiger partial charge in [-0.25, -0.2) is 8.78 Å². The number of anilines is 2. The van der Waals surface area contributed by atoms with E-state index in [1.54, 1.807) is 19.2 Å². The summed E-state index contributed by atoms with van der Waals surface area (Å²) in [6, 6.07) is 11.0. The summed E-state index contributed by atoms with van der Waals surface area (Å²) >= 11 is 0. The third-order valence-electron chi connectivity index (χ3n) is 3.11. The third-order valence-corrected chi connectivity index (χ3v) is 3.11. The first-order chi connectivity index (χ1) is 10.2. The first kappa shape index (κ1) is 13.3. The number of methoxy groups -OCH3 is 1. The summed E-state index contributed by atoms with van der Waals surface area (Å²) in [6.07, 6.45) is 1.48. The molecule has 0 amide bonds. The molecule has 1 N–H and O–H groups in total. The Kier molecular flexibility index (Phi) is 3.39. The zero-order valence-corrected chi connectivity index (χ0v) is 11.2. The maximum atomic E-state index is 13.7. The predicted molar refractivity (Wildman–Crippen MR) is 77.9 cm³/mol. The van der Waals surface area contributed by atoms with E-state index < -0.39 is 11.6 Å². The van der Waals surface area contributed by atoms with E-state index in [-0.39, 0.29) is 5.52 Å². The van der Waals surface area contributed by atoms with Gasteiger partial charge in [-0.3, -0.25) is 4.98 Å². The van der Waals surface area contributed by atoms with Crippen LogP contribution in [-0.2, 0) is 0 Å². The number of hydrogen-bond donors (Lipinski definition) is 1. The van der Waals surface area contributed by atoms with E-state index in [9.17, 15) is 8.78 Å². The molecule has 0 aliphatic carbocycles. The fourth-order valence-corrected chi connectivity index (χ4v) is 2.14. The first-order valence-corrected chi connectivity index (χ1v) is 6.32. The summed E-state index contributed by atoms with van der Waals surface area (Å²) in [7, 11) is 1.58. The van der Waals surface area contributed by atoms with Gasteiger partial charge in [0.2, 0.25) is 0 Å². The van der Waals surface area contributed by atoms with Gasteiger partial charge in [0.05, 0.1) is 7.11 Å². The van der Waals surface area contributed by atoms with E-state index in [0.717, 1.165) is 11.8 Å². The van der Waals surface area contributed by atoms with Crippen molar-refractivity contribution in [2.45, 2.75) is 0 Å². The van der Waals surface area contributed by atoms with Crippen molar-refractivity contribution in [2.24, 2.45) is 0 Å². The second-order valence-electron chi connectivity index (χ2n) is 4.50. The monoisotopic (exact) mass is 286 g/mol. The fraction of sp³-hybridized carbons (Fsp3) is 0.0625. The van der Waals surface area contributed by atoms with E-state index in [2.05, 4.69) is 10.3 Å². The summed E-state index contributed by atoms with van der Waals surface area (Å²) in [4.78, 5) is 3.95. The SMILES string of the molecule is COc1cccc(Nc2ccnc3c(F)cc(F)cc23)c1. The molecule has 3 nitrogen and oxygen atoms in total. The molecule has 106 valence electrons. The van der Waals surface area contributed by atoms with Gasteiger partial charge < -0.3 is 10.1 Å². The van der Waals surface area contributed by atoms with E-state index in [1.807, 2.05) is 18.2 Å². The van der Waals surface area contributed by atoms with Crippen molar-refractivity contribution in [1.29, 1.82) is 0 Å². The minimum Gasteiger partial charge on any atom is -0.497 e. The van der Waals surface area contributed by atoms with Gasteiger partial charge >= 0.3 is 0 Å². The van der Waals surface area contributed by atoms with Crippen LogP contribution in [0.1, 0.15) is 0 Å². The van der Waals surface area contributed by atoms with Crippen molar-refractivity contribution in [2.75, 3.05) is 12.4 Å². The van der Waals surface area contributed by atoms with Gasteiger partial charge in [0.15, 0.2) is 5.82 Å². The Morgan fingerprint density at radius 1 is 1.10 bits per heavy atom. The number of nitrogens with zero attached hydrogens (tertiary/aromatic N) is 1. The summed E-state index contributed by atoms with van der Waals surface area (Å²) in [5.74, 6) is -0.628. The number of hydrogen-bond acceptors (Lipinski definition) is 3. The molecule has 0 aliphatic heterocycles. The first-order valence-electron chi connectivity index (χ1n) is 6.32. The summed E-state index contributed by atoms with van der Waals surface area (Å²) in [5.41, 5.74) is 1.46. The topological polar surface area (TPSA) is 34.1 Å². The Bertz CT molecular complexity index is 805. The molecule has 0 aliphatic rings. The minimum atomic E-state index is -0.681. The average Bonchev–Trinajstić information content (AvgIpc) is 2.48. The van der Waals surface area contributed by atoms with Crippen LogP contribution in [0, 0.1) is 11.6 Å². The van der Waals surface area contributed by atoms with Crippen molar-refractivity contribution in [3.05, 3.63) is 60.3 Å². The number of pyridine rings is 1. The summed E-state index contributed by atoms with van der Waals surface area (Å²) in [5, 5.41) is 3.51. The van der Waals surface area contributed by atoms with Crippen LogP contribution in [0.5, 0.6) is 5.75 Å². The highest BCUT2D eigenvalue weighted by molar-refractivity contribution is 5.93. The molecule has 0 saturated heterocycles. The second kappa shape index (κ2) is 5.36. The van der Waals surface area contributed by atoms with Crippen LogP contribution in [0.25, 0.3) is 10.9 Å². The van der Waals surface area contributed by atoms with Gasteiger partial charge in [0.1, 0.15) is 17.1 Å². The van der Waals surface area contributed by atoms with Crippen LogP contribution >= 0.6 is 0 Å². The molecule has 3 rings (SSSR count).